The lowest BCUT2D eigenvalue weighted by Gasteiger charge is -2.49. The number of carboxylic acid groups (broad SMARTS) is 1. The number of carboxylic acids is 1. The molecule has 0 bridgehead atoms. The van der Waals surface area contributed by atoms with E-state index in [1.54, 1.807) is 11.4 Å². The molecule has 12 nitrogen and oxygen atoms in total. The van der Waals surface area contributed by atoms with Crippen molar-refractivity contribution >= 4 is 68.6 Å². The first-order valence-electron chi connectivity index (χ1n) is 9.61. The molecule has 1 saturated heterocycles. The number of rotatable bonds is 8. The Hall–Kier alpha value is -3.30. The van der Waals surface area contributed by atoms with Crippen LogP contribution in [0.3, 0.4) is 0 Å². The highest BCUT2D eigenvalue weighted by atomic mass is 32.2. The zero-order valence-electron chi connectivity index (χ0n) is 17.5. The van der Waals surface area contributed by atoms with Crippen LogP contribution in [0.15, 0.2) is 44.6 Å². The van der Waals surface area contributed by atoms with Crippen molar-refractivity contribution in [2.24, 2.45) is 5.16 Å². The average molecular weight is 525 g/mol. The van der Waals surface area contributed by atoms with Gasteiger partial charge in [0.2, 0.25) is 5.71 Å². The molecule has 0 saturated carbocycles. The van der Waals surface area contributed by atoms with Gasteiger partial charge in [-0.3, -0.25) is 25.0 Å². The van der Waals surface area contributed by atoms with E-state index in [4.69, 9.17) is 15.0 Å². The number of aliphatic carboxylic acids is 1. The fourth-order valence-corrected chi connectivity index (χ4v) is 6.22. The minimum absolute atomic E-state index is 0.0851. The maximum atomic E-state index is 12.9. The Morgan fingerprint density at radius 3 is 2.88 bits per heavy atom. The first-order valence-corrected chi connectivity index (χ1v) is 12.5. The van der Waals surface area contributed by atoms with Crippen molar-refractivity contribution in [3.63, 3.8) is 0 Å². The zero-order valence-corrected chi connectivity index (χ0v) is 19.9. The molecule has 4 rings (SSSR count). The number of β-lactam (4-membered cyclic amide) rings is 1. The molecule has 2 amide bonds. The molecule has 0 spiro atoms. The predicted octanol–water partition coefficient (Wildman–Crippen LogP) is 0.400. The van der Waals surface area contributed by atoms with E-state index >= 15 is 0 Å². The van der Waals surface area contributed by atoms with E-state index in [-0.39, 0.29) is 33.8 Å². The number of hydrogen-bond donors (Lipinski definition) is 3. The number of nitrogens with one attached hydrogen (secondary N) is 2. The van der Waals surface area contributed by atoms with Gasteiger partial charge in [-0.2, -0.15) is 0 Å². The van der Waals surface area contributed by atoms with E-state index in [0.717, 1.165) is 16.7 Å². The number of nitrogens with two attached hydrogens (primary N) is 1. The van der Waals surface area contributed by atoms with Crippen molar-refractivity contribution in [1.29, 1.82) is 0 Å². The third kappa shape index (κ3) is 4.53. The number of carbonyl (C=O) groups excluding carboxylic acids is 3. The molecule has 4 heterocycles. The highest BCUT2D eigenvalue weighted by molar-refractivity contribution is 8.14. The molecule has 5 N–H and O–H groups in total. The van der Waals surface area contributed by atoms with Gasteiger partial charge in [-0.1, -0.05) is 28.3 Å². The van der Waals surface area contributed by atoms with Crippen LogP contribution >= 0.6 is 34.9 Å². The minimum atomic E-state index is -1.28. The number of aromatic nitrogens is 1. The van der Waals surface area contributed by atoms with E-state index in [1.165, 1.54) is 42.5 Å². The fraction of sp³-hybridized carbons (Fsp3) is 0.263. The number of furan rings is 1. The number of amides is 2. The lowest BCUT2D eigenvalue weighted by Crippen LogP contribution is -2.71. The van der Waals surface area contributed by atoms with E-state index in [9.17, 15) is 24.3 Å². The standard InChI is InChI=1S/C19H17N5O7S3/c1-30-23-11(9-7-34-19(20)21-9)14(25)22-12-15(26)24-13(17(27)28)8(5-32-16(12)24)6-33-18(29)10-3-2-4-31-10/h2-4,7,12,16H,5-6H2,1H3,(H2,20,21)(H,22,25)(H,27,28)/p+1/b23-11+/t12-,16-/m1/s1. The summed E-state index contributed by atoms with van der Waals surface area (Å²) in [6, 6.07) is 2.14. The topological polar surface area (TPSA) is 179 Å². The third-order valence-electron chi connectivity index (χ3n) is 4.85. The van der Waals surface area contributed by atoms with Crippen LogP contribution in [-0.4, -0.2) is 68.6 Å². The molecule has 2 aliphatic rings. The maximum Gasteiger partial charge on any atom is 0.352 e. The number of anilines is 1. The molecule has 34 heavy (non-hydrogen) atoms. The van der Waals surface area contributed by atoms with Crippen LogP contribution in [0.4, 0.5) is 5.13 Å². The fourth-order valence-electron chi connectivity index (χ4n) is 3.36. The van der Waals surface area contributed by atoms with Crippen molar-refractivity contribution in [3.05, 3.63) is 46.5 Å². The Balaban J connectivity index is 1.47. The Labute approximate surface area is 204 Å². The van der Waals surface area contributed by atoms with Gasteiger partial charge in [0, 0.05) is 16.9 Å². The van der Waals surface area contributed by atoms with E-state index in [1.807, 2.05) is 0 Å². The smallest absolute Gasteiger partial charge is 0.352 e. The Kier molecular flexibility index (Phi) is 6.95. The van der Waals surface area contributed by atoms with Gasteiger partial charge in [0.15, 0.2) is 11.5 Å². The largest absolute Gasteiger partial charge is 0.477 e. The summed E-state index contributed by atoms with van der Waals surface area (Å²) in [5.74, 6) is -2.02. The van der Waals surface area contributed by atoms with Gasteiger partial charge in [0.05, 0.1) is 6.26 Å². The highest BCUT2D eigenvalue weighted by Crippen LogP contribution is 2.41. The highest BCUT2D eigenvalue weighted by Gasteiger charge is 2.54. The van der Waals surface area contributed by atoms with Crippen molar-refractivity contribution in [1.82, 2.24) is 10.2 Å². The molecule has 0 unspecified atom stereocenters. The molecular formula is C19H18N5O7S3+. The molecule has 2 aromatic heterocycles. The predicted molar refractivity (Wildman–Crippen MR) is 124 cm³/mol. The van der Waals surface area contributed by atoms with E-state index in [0.29, 0.717) is 16.4 Å². The summed E-state index contributed by atoms with van der Waals surface area (Å²) < 4.78 is 5.06. The molecule has 0 aromatic carbocycles. The number of thioether (sulfide) groups is 2. The molecule has 2 atom stereocenters. The number of carbonyl (C=O) groups is 4. The number of nitrogens with zero attached hydrogens (tertiary/aromatic N) is 2. The second kappa shape index (κ2) is 9.90. The molecule has 1 fully saturated rings. The summed E-state index contributed by atoms with van der Waals surface area (Å²) in [5.41, 5.74) is 6.13. The van der Waals surface area contributed by atoms with E-state index < -0.39 is 29.2 Å². The van der Waals surface area contributed by atoms with Crippen LogP contribution in [0.1, 0.15) is 16.2 Å². The van der Waals surface area contributed by atoms with Crippen molar-refractivity contribution in [2.45, 2.75) is 11.4 Å². The SMILES string of the molecule is CO/N=C(/C(=O)N[C@@H]1C(=O)N2C(C(=O)O)=C(CSC(=O)c3ccco3)CS[C@H]12)c1csc(N)[nH+]1. The van der Waals surface area contributed by atoms with Crippen LogP contribution in [0.2, 0.25) is 0 Å². The molecule has 15 heteroatoms. The number of fused-ring (bicyclic) bond motifs is 1. The summed E-state index contributed by atoms with van der Waals surface area (Å²) in [6.07, 6.45) is 1.37. The van der Waals surface area contributed by atoms with Crippen LogP contribution in [0.25, 0.3) is 0 Å². The van der Waals surface area contributed by atoms with Gasteiger partial charge in [-0.05, 0) is 17.7 Å². The quantitative estimate of drug-likeness (QED) is 0.249. The average Bonchev–Trinajstić information content (AvgIpc) is 3.50. The van der Waals surface area contributed by atoms with Gasteiger partial charge in [0.1, 0.15) is 24.2 Å². The number of hydrogen-bond acceptors (Lipinski definition) is 11. The minimum Gasteiger partial charge on any atom is -0.477 e. The molecule has 2 aromatic rings. The van der Waals surface area contributed by atoms with Gasteiger partial charge in [-0.25, -0.2) is 9.78 Å². The van der Waals surface area contributed by atoms with Crippen molar-refractivity contribution < 1.29 is 38.5 Å². The van der Waals surface area contributed by atoms with Crippen molar-refractivity contribution in [2.75, 3.05) is 24.3 Å². The van der Waals surface area contributed by atoms with Crippen LogP contribution in [0.5, 0.6) is 0 Å². The second-order valence-corrected chi connectivity index (χ2v) is 9.90. The molecular weight excluding hydrogens is 506 g/mol. The first kappa shape index (κ1) is 23.8. The zero-order chi connectivity index (χ0) is 24.4. The van der Waals surface area contributed by atoms with Gasteiger partial charge in [-0.15, -0.1) is 11.8 Å². The summed E-state index contributed by atoms with van der Waals surface area (Å²) in [6.45, 7) is 0. The van der Waals surface area contributed by atoms with Gasteiger partial charge < -0.3 is 19.7 Å². The van der Waals surface area contributed by atoms with Gasteiger partial charge in [0.25, 0.3) is 16.9 Å². The first-order chi connectivity index (χ1) is 16.3. The van der Waals surface area contributed by atoms with Crippen molar-refractivity contribution in [3.8, 4) is 0 Å². The third-order valence-corrected chi connectivity index (χ3v) is 7.86. The van der Waals surface area contributed by atoms with Crippen LogP contribution in [0, 0.1) is 0 Å². The van der Waals surface area contributed by atoms with Crippen LogP contribution < -0.4 is 16.0 Å². The lowest BCUT2D eigenvalue weighted by atomic mass is 10.0. The Morgan fingerprint density at radius 1 is 1.47 bits per heavy atom. The van der Waals surface area contributed by atoms with Gasteiger partial charge >= 0.3 is 11.1 Å². The molecule has 178 valence electrons. The number of thiazole rings is 1. The lowest BCUT2D eigenvalue weighted by molar-refractivity contribution is -0.356. The number of oxime groups is 1. The summed E-state index contributed by atoms with van der Waals surface area (Å²) in [5, 5.41) is 17.0. The normalized spacial score (nSPS) is 20.0. The van der Waals surface area contributed by atoms with Crippen LogP contribution in [-0.2, 0) is 19.2 Å². The summed E-state index contributed by atoms with van der Waals surface area (Å²) in [4.78, 5) is 58.5. The Bertz CT molecular complexity index is 1210. The molecule has 0 radical (unpaired) electrons. The summed E-state index contributed by atoms with van der Waals surface area (Å²) >= 11 is 3.35. The number of aromatic amines is 1. The maximum absolute atomic E-state index is 12.9. The molecule has 0 aliphatic carbocycles. The summed E-state index contributed by atoms with van der Waals surface area (Å²) in [7, 11) is 1.27. The second-order valence-electron chi connectivity index (χ2n) is 6.93. The number of H-pyrrole nitrogens is 1. The monoisotopic (exact) mass is 524 g/mol. The molecule has 2 aliphatic heterocycles. The Morgan fingerprint density at radius 2 is 2.26 bits per heavy atom. The number of nitrogen functional groups attached to an aromatic ring is 1. The van der Waals surface area contributed by atoms with E-state index in [2.05, 4.69) is 15.5 Å².